The molecule has 15 heteroatoms. The van der Waals surface area contributed by atoms with E-state index in [4.69, 9.17) is 18.6 Å². The van der Waals surface area contributed by atoms with Crippen molar-refractivity contribution in [3.63, 3.8) is 0 Å². The van der Waals surface area contributed by atoms with Crippen LogP contribution < -0.4 is 5.43 Å². The Bertz CT molecular complexity index is 1470. The largest absolute Gasteiger partial charge is 0.508 e. The molecular weight excluding hydrogens is 564 g/mol. The first-order chi connectivity index (χ1) is 20.0. The summed E-state index contributed by atoms with van der Waals surface area (Å²) in [5, 5.41) is 103. The van der Waals surface area contributed by atoms with Crippen LogP contribution in [0.15, 0.2) is 45.6 Å². The molecule has 5 rings (SSSR count). The van der Waals surface area contributed by atoms with Crippen LogP contribution in [0.3, 0.4) is 0 Å². The molecule has 0 saturated carbocycles. The molecule has 0 amide bonds. The van der Waals surface area contributed by atoms with Crippen LogP contribution in [0.2, 0.25) is 0 Å². The van der Waals surface area contributed by atoms with Gasteiger partial charge in [-0.25, -0.2) is 0 Å². The predicted molar refractivity (Wildman–Crippen MR) is 138 cm³/mol. The molecule has 3 aromatic rings. The molecule has 15 nitrogen and oxygen atoms in total. The van der Waals surface area contributed by atoms with Crippen LogP contribution in [0.5, 0.6) is 17.2 Å². The van der Waals surface area contributed by atoms with Gasteiger partial charge in [0.2, 0.25) is 0 Å². The first-order valence-corrected chi connectivity index (χ1v) is 12.9. The van der Waals surface area contributed by atoms with Crippen molar-refractivity contribution in [1.82, 2.24) is 0 Å². The number of rotatable bonds is 6. The second-order valence-corrected chi connectivity index (χ2v) is 10.1. The molecule has 2 aliphatic rings. The number of hydrogen-bond donors (Lipinski definition) is 10. The van der Waals surface area contributed by atoms with E-state index in [1.807, 2.05) is 0 Å². The summed E-state index contributed by atoms with van der Waals surface area (Å²) in [5.74, 6) is -1.50. The van der Waals surface area contributed by atoms with Crippen molar-refractivity contribution >= 4 is 11.0 Å². The topological polar surface area (TPSA) is 260 Å². The van der Waals surface area contributed by atoms with E-state index in [9.17, 15) is 55.9 Å². The molecule has 42 heavy (non-hydrogen) atoms. The van der Waals surface area contributed by atoms with Crippen molar-refractivity contribution in [2.24, 2.45) is 0 Å². The number of phenolic OH excluding ortho intramolecular Hbond substituents is 3. The SMILES string of the molecule is O=c1cc(-c2ccc(O)cc2)oc2c([C@@H]3O[C@H](CO)[C@@H](O)[C@H](O)[C@H]3O[C@H]3O[C@@H](CO)[C@@H](O)[C@@H](O)[C@@H]3O)c(O)cc(O)c12. The Morgan fingerprint density at radius 2 is 1.36 bits per heavy atom. The summed E-state index contributed by atoms with van der Waals surface area (Å²) in [6, 6.07) is 7.41. The van der Waals surface area contributed by atoms with Gasteiger partial charge in [-0.1, -0.05) is 0 Å². The molecule has 0 spiro atoms. The van der Waals surface area contributed by atoms with Crippen molar-refractivity contribution in [1.29, 1.82) is 0 Å². The number of phenols is 3. The minimum atomic E-state index is -1.92. The highest BCUT2D eigenvalue weighted by Crippen LogP contribution is 2.45. The molecule has 0 unspecified atom stereocenters. The molecule has 2 saturated heterocycles. The second-order valence-electron chi connectivity index (χ2n) is 10.1. The van der Waals surface area contributed by atoms with Gasteiger partial charge in [0.1, 0.15) is 83.3 Å². The van der Waals surface area contributed by atoms with Gasteiger partial charge >= 0.3 is 0 Å². The molecule has 228 valence electrons. The molecule has 0 radical (unpaired) electrons. The standard InChI is InChI=1S/C27H30O15/c28-7-15-20(35)22(37)26(42-27-23(38)21(36)19(34)16(8-29)41-27)25(40-15)18-12(32)5-11(31)17-13(33)6-14(39-24(17)18)9-1-3-10(30)4-2-9/h1-6,15-16,19-23,25-32,34-38H,7-8H2/t15-,16+,19-,20-,21-,22+,23+,25+,26-,27-/m1/s1. The minimum absolute atomic E-state index is 0.0553. The van der Waals surface area contributed by atoms with E-state index in [2.05, 4.69) is 0 Å². The number of benzene rings is 2. The molecule has 0 bridgehead atoms. The van der Waals surface area contributed by atoms with Crippen LogP contribution in [-0.2, 0) is 14.2 Å². The highest BCUT2D eigenvalue weighted by molar-refractivity contribution is 5.89. The Labute approximate surface area is 236 Å². The van der Waals surface area contributed by atoms with E-state index >= 15 is 0 Å². The van der Waals surface area contributed by atoms with Gasteiger partial charge in [-0.15, -0.1) is 0 Å². The van der Waals surface area contributed by atoms with Crippen LogP contribution in [-0.4, -0.2) is 119 Å². The van der Waals surface area contributed by atoms with Crippen LogP contribution in [0.4, 0.5) is 0 Å². The Morgan fingerprint density at radius 1 is 0.738 bits per heavy atom. The number of aliphatic hydroxyl groups excluding tert-OH is 7. The van der Waals surface area contributed by atoms with Gasteiger partial charge in [0.05, 0.1) is 18.8 Å². The molecule has 2 fully saturated rings. The third-order valence-corrected chi connectivity index (χ3v) is 7.44. The average Bonchev–Trinajstić information content (AvgIpc) is 2.96. The van der Waals surface area contributed by atoms with Gasteiger partial charge in [-0.2, -0.15) is 0 Å². The molecule has 0 aliphatic carbocycles. The van der Waals surface area contributed by atoms with E-state index in [0.29, 0.717) is 5.56 Å². The summed E-state index contributed by atoms with van der Waals surface area (Å²) in [4.78, 5) is 13.1. The summed E-state index contributed by atoms with van der Waals surface area (Å²) in [7, 11) is 0. The lowest BCUT2D eigenvalue weighted by Crippen LogP contribution is -2.62. The Hall–Kier alpha value is -3.35. The van der Waals surface area contributed by atoms with E-state index < -0.39 is 102 Å². The first kappa shape index (κ1) is 30.1. The Kier molecular flexibility index (Phi) is 8.41. The van der Waals surface area contributed by atoms with Crippen molar-refractivity contribution in [3.05, 3.63) is 52.2 Å². The lowest BCUT2D eigenvalue weighted by atomic mass is 9.89. The Balaban J connectivity index is 1.66. The normalized spacial score (nSPS) is 33.6. The highest BCUT2D eigenvalue weighted by Gasteiger charge is 2.52. The zero-order valence-electron chi connectivity index (χ0n) is 21.7. The van der Waals surface area contributed by atoms with Crippen LogP contribution in [0.25, 0.3) is 22.3 Å². The number of aromatic hydroxyl groups is 3. The first-order valence-electron chi connectivity index (χ1n) is 12.9. The lowest BCUT2D eigenvalue weighted by Gasteiger charge is -2.46. The number of ether oxygens (including phenoxy) is 3. The maximum atomic E-state index is 13.1. The van der Waals surface area contributed by atoms with E-state index in [1.54, 1.807) is 0 Å². The third kappa shape index (κ3) is 5.20. The minimum Gasteiger partial charge on any atom is -0.508 e. The van der Waals surface area contributed by atoms with Crippen LogP contribution in [0.1, 0.15) is 11.7 Å². The predicted octanol–water partition coefficient (Wildman–Crippen LogP) is -2.08. The summed E-state index contributed by atoms with van der Waals surface area (Å²) in [6.45, 7) is -1.61. The maximum absolute atomic E-state index is 13.1. The molecule has 2 aromatic carbocycles. The Morgan fingerprint density at radius 3 is 2.00 bits per heavy atom. The molecule has 2 aliphatic heterocycles. The monoisotopic (exact) mass is 594 g/mol. The average molecular weight is 595 g/mol. The van der Waals surface area contributed by atoms with Crippen molar-refractivity contribution in [3.8, 4) is 28.6 Å². The summed E-state index contributed by atoms with van der Waals surface area (Å²) in [5.41, 5.74) is -1.21. The van der Waals surface area contributed by atoms with E-state index in [0.717, 1.165) is 12.1 Å². The van der Waals surface area contributed by atoms with Gasteiger partial charge < -0.3 is 69.7 Å². The fourth-order valence-electron chi connectivity index (χ4n) is 5.17. The van der Waals surface area contributed by atoms with Gasteiger partial charge in [0, 0.05) is 17.7 Å². The fourth-order valence-corrected chi connectivity index (χ4v) is 5.17. The summed E-state index contributed by atoms with van der Waals surface area (Å²) < 4.78 is 22.9. The van der Waals surface area contributed by atoms with Crippen molar-refractivity contribution in [2.45, 2.75) is 61.2 Å². The zero-order valence-corrected chi connectivity index (χ0v) is 21.7. The van der Waals surface area contributed by atoms with Crippen molar-refractivity contribution in [2.75, 3.05) is 13.2 Å². The quantitative estimate of drug-likeness (QED) is 0.147. The van der Waals surface area contributed by atoms with Gasteiger partial charge in [0.25, 0.3) is 0 Å². The molecule has 10 N–H and O–H groups in total. The summed E-state index contributed by atoms with van der Waals surface area (Å²) in [6.07, 6.45) is -17.3. The fraction of sp³-hybridized carbons (Fsp3) is 0.444. The number of hydrogen-bond acceptors (Lipinski definition) is 15. The van der Waals surface area contributed by atoms with E-state index in [1.165, 1.54) is 24.3 Å². The van der Waals surface area contributed by atoms with Crippen LogP contribution >= 0.6 is 0 Å². The molecule has 1 aromatic heterocycles. The lowest BCUT2D eigenvalue weighted by molar-refractivity contribution is -0.342. The third-order valence-electron chi connectivity index (χ3n) is 7.44. The maximum Gasteiger partial charge on any atom is 0.197 e. The van der Waals surface area contributed by atoms with Gasteiger partial charge in [0.15, 0.2) is 17.3 Å². The number of fused-ring (bicyclic) bond motifs is 1. The second kappa shape index (κ2) is 11.7. The molecule has 10 atom stereocenters. The van der Waals surface area contributed by atoms with Gasteiger partial charge in [-0.3, -0.25) is 4.79 Å². The van der Waals surface area contributed by atoms with Crippen molar-refractivity contribution < 1.29 is 69.7 Å². The van der Waals surface area contributed by atoms with E-state index in [-0.39, 0.29) is 17.1 Å². The highest BCUT2D eigenvalue weighted by atomic mass is 16.7. The molecule has 3 heterocycles. The van der Waals surface area contributed by atoms with Gasteiger partial charge in [-0.05, 0) is 24.3 Å². The number of aliphatic hydroxyl groups is 7. The smallest absolute Gasteiger partial charge is 0.197 e. The van der Waals surface area contributed by atoms with Crippen LogP contribution in [0, 0.1) is 0 Å². The molecular formula is C27H30O15. The summed E-state index contributed by atoms with van der Waals surface area (Å²) >= 11 is 0. The zero-order chi connectivity index (χ0) is 30.5.